The van der Waals surface area contributed by atoms with Gasteiger partial charge in [0.2, 0.25) is 17.7 Å². The van der Waals surface area contributed by atoms with Crippen molar-refractivity contribution in [1.82, 2.24) is 41.0 Å². The summed E-state index contributed by atoms with van der Waals surface area (Å²) in [5.74, 6) is 0.554. The molecular formula is C50H58N10O8. The van der Waals surface area contributed by atoms with Crippen molar-refractivity contribution in [1.29, 1.82) is 0 Å². The van der Waals surface area contributed by atoms with Crippen LogP contribution in [0, 0.1) is 0 Å². The molecule has 68 heavy (non-hydrogen) atoms. The van der Waals surface area contributed by atoms with Gasteiger partial charge in [0.25, 0.3) is 11.8 Å². The van der Waals surface area contributed by atoms with Crippen molar-refractivity contribution in [3.63, 3.8) is 0 Å². The average molecular weight is 927 g/mol. The minimum atomic E-state index is -0.729. The summed E-state index contributed by atoms with van der Waals surface area (Å²) in [5, 5.41) is 24.4. The van der Waals surface area contributed by atoms with Crippen LogP contribution < -0.4 is 31.3 Å². The number of aromatic nitrogens is 4. The second kappa shape index (κ2) is 22.6. The van der Waals surface area contributed by atoms with Crippen LogP contribution in [0.2, 0.25) is 0 Å². The molecule has 18 nitrogen and oxygen atoms in total. The number of fused-ring (bicyclic) bond motifs is 1. The smallest absolute Gasteiger partial charge is 0.255 e. The molecule has 0 radical (unpaired) electrons. The third-order valence-corrected chi connectivity index (χ3v) is 12.5. The Morgan fingerprint density at radius 2 is 1.63 bits per heavy atom. The molecule has 3 aliphatic rings. The Labute approximate surface area is 394 Å². The lowest BCUT2D eigenvalue weighted by molar-refractivity contribution is -0.137. The van der Waals surface area contributed by atoms with Gasteiger partial charge < -0.3 is 45.4 Å². The molecule has 2 saturated heterocycles. The highest BCUT2D eigenvalue weighted by Crippen LogP contribution is 2.35. The Bertz CT molecular complexity index is 2550. The van der Waals surface area contributed by atoms with Crippen molar-refractivity contribution in [3.8, 4) is 17.1 Å². The zero-order valence-electron chi connectivity index (χ0n) is 38.2. The summed E-state index contributed by atoms with van der Waals surface area (Å²) >= 11 is 0. The number of ether oxygens (including phenoxy) is 3. The number of imide groups is 1. The van der Waals surface area contributed by atoms with E-state index in [0.717, 1.165) is 73.6 Å². The van der Waals surface area contributed by atoms with Gasteiger partial charge in [0, 0.05) is 78.8 Å². The molecule has 18 heteroatoms. The SMILES string of the molecule is C[C@H](NC(=O)c1cccc(NC2(c3nnc(-c4ccncc4)[nH]3)CCNCC2)c1)c1ccc(OCCCCCOCCCOCC(=O)Nc2cccc3c2CN(C2CCC(=O)NC2=O)C3=O)cc1. The van der Waals surface area contributed by atoms with Crippen molar-refractivity contribution in [2.45, 2.75) is 82.5 Å². The van der Waals surface area contributed by atoms with E-state index in [4.69, 9.17) is 14.2 Å². The topological polar surface area (TPSA) is 231 Å². The van der Waals surface area contributed by atoms with E-state index in [9.17, 15) is 24.0 Å². The minimum absolute atomic E-state index is 0.150. The van der Waals surface area contributed by atoms with Crippen molar-refractivity contribution in [2.75, 3.05) is 56.8 Å². The molecule has 0 aliphatic carbocycles. The van der Waals surface area contributed by atoms with Crippen LogP contribution in [0.1, 0.15) is 102 Å². The fourth-order valence-electron chi connectivity index (χ4n) is 8.71. The number of nitrogens with zero attached hydrogens (tertiary/aromatic N) is 4. The number of pyridine rings is 1. The fourth-order valence-corrected chi connectivity index (χ4v) is 8.71. The molecule has 8 rings (SSSR count). The van der Waals surface area contributed by atoms with Gasteiger partial charge in [-0.1, -0.05) is 24.3 Å². The maximum absolute atomic E-state index is 13.5. The molecule has 5 aromatic rings. The maximum atomic E-state index is 13.5. The molecule has 2 aromatic heterocycles. The highest BCUT2D eigenvalue weighted by Gasteiger charge is 2.40. The van der Waals surface area contributed by atoms with Gasteiger partial charge in [-0.05, 0) is 125 Å². The van der Waals surface area contributed by atoms with Crippen molar-refractivity contribution in [3.05, 3.63) is 119 Å². The molecule has 2 fully saturated rings. The molecule has 0 spiro atoms. The van der Waals surface area contributed by atoms with Crippen molar-refractivity contribution in [2.24, 2.45) is 0 Å². The lowest BCUT2D eigenvalue weighted by atomic mass is 9.87. The van der Waals surface area contributed by atoms with Gasteiger partial charge in [-0.15, -0.1) is 10.2 Å². The summed E-state index contributed by atoms with van der Waals surface area (Å²) in [4.78, 5) is 72.1. The summed E-state index contributed by atoms with van der Waals surface area (Å²) < 4.78 is 17.3. The zero-order valence-corrected chi connectivity index (χ0v) is 38.2. The molecule has 2 atom stereocenters. The molecule has 5 heterocycles. The summed E-state index contributed by atoms with van der Waals surface area (Å²) in [6, 6.07) is 23.2. The molecular weight excluding hydrogens is 869 g/mol. The highest BCUT2D eigenvalue weighted by molar-refractivity contribution is 6.07. The first-order valence-electron chi connectivity index (χ1n) is 23.3. The van der Waals surface area contributed by atoms with E-state index in [1.165, 1.54) is 4.90 Å². The van der Waals surface area contributed by atoms with Crippen LogP contribution in [0.5, 0.6) is 5.75 Å². The Hall–Kier alpha value is -7.02. The number of aromatic amines is 1. The predicted octanol–water partition coefficient (Wildman–Crippen LogP) is 5.42. The van der Waals surface area contributed by atoms with E-state index in [1.807, 2.05) is 67.6 Å². The summed E-state index contributed by atoms with van der Waals surface area (Å²) in [5.41, 5.74) is 4.32. The molecule has 6 N–H and O–H groups in total. The number of unbranched alkanes of at least 4 members (excludes halogenated alkanes) is 2. The van der Waals surface area contributed by atoms with Gasteiger partial charge in [-0.25, -0.2) is 0 Å². The second-order valence-corrected chi connectivity index (χ2v) is 17.3. The first-order chi connectivity index (χ1) is 33.2. The van der Waals surface area contributed by atoms with Gasteiger partial charge >= 0.3 is 0 Å². The van der Waals surface area contributed by atoms with E-state index < -0.39 is 17.5 Å². The molecule has 5 amide bonds. The van der Waals surface area contributed by atoms with E-state index in [-0.39, 0.29) is 55.7 Å². The number of carbonyl (C=O) groups excluding carboxylic acids is 5. The van der Waals surface area contributed by atoms with Crippen LogP contribution in [-0.4, -0.2) is 107 Å². The van der Waals surface area contributed by atoms with E-state index in [1.54, 1.807) is 30.6 Å². The van der Waals surface area contributed by atoms with E-state index in [0.29, 0.717) is 61.1 Å². The van der Waals surface area contributed by atoms with Gasteiger partial charge in [-0.3, -0.25) is 34.3 Å². The Kier molecular flexibility index (Phi) is 15.8. The van der Waals surface area contributed by atoms with Crippen LogP contribution in [0.25, 0.3) is 11.4 Å². The molecule has 356 valence electrons. The third kappa shape index (κ3) is 11.9. The van der Waals surface area contributed by atoms with Gasteiger partial charge in [0.15, 0.2) is 11.6 Å². The molecule has 3 aromatic carbocycles. The fraction of sp³-hybridized carbons (Fsp3) is 0.400. The lowest BCUT2D eigenvalue weighted by Crippen LogP contribution is -2.52. The highest BCUT2D eigenvalue weighted by atomic mass is 16.5. The maximum Gasteiger partial charge on any atom is 0.255 e. The van der Waals surface area contributed by atoms with Crippen LogP contribution in [0.3, 0.4) is 0 Å². The van der Waals surface area contributed by atoms with E-state index >= 15 is 0 Å². The molecule has 1 unspecified atom stereocenters. The number of nitrogens with one attached hydrogen (secondary N) is 6. The third-order valence-electron chi connectivity index (χ3n) is 12.5. The minimum Gasteiger partial charge on any atom is -0.494 e. The number of anilines is 2. The Balaban J connectivity index is 0.681. The zero-order chi connectivity index (χ0) is 47.3. The predicted molar refractivity (Wildman–Crippen MR) is 253 cm³/mol. The number of rotatable bonds is 22. The monoisotopic (exact) mass is 926 g/mol. The first-order valence-corrected chi connectivity index (χ1v) is 23.3. The van der Waals surface area contributed by atoms with Gasteiger partial charge in [0.1, 0.15) is 18.4 Å². The van der Waals surface area contributed by atoms with Gasteiger partial charge in [-0.2, -0.15) is 0 Å². The quantitative estimate of drug-likeness (QED) is 0.0377. The number of H-pyrrole nitrogens is 1. The van der Waals surface area contributed by atoms with Crippen LogP contribution in [-0.2, 0) is 35.9 Å². The lowest BCUT2D eigenvalue weighted by Gasteiger charge is -2.37. The molecule has 0 bridgehead atoms. The van der Waals surface area contributed by atoms with Crippen LogP contribution in [0.4, 0.5) is 11.4 Å². The molecule has 3 aliphatic heterocycles. The Morgan fingerprint density at radius 1 is 0.868 bits per heavy atom. The Morgan fingerprint density at radius 3 is 2.44 bits per heavy atom. The number of amides is 5. The molecule has 0 saturated carbocycles. The normalized spacial score (nSPS) is 17.0. The van der Waals surface area contributed by atoms with Crippen molar-refractivity contribution < 1.29 is 38.2 Å². The van der Waals surface area contributed by atoms with Gasteiger partial charge in [0.05, 0.1) is 18.2 Å². The number of piperidine rings is 2. The summed E-state index contributed by atoms with van der Waals surface area (Å²) in [6.45, 7) is 5.66. The van der Waals surface area contributed by atoms with Crippen LogP contribution >= 0.6 is 0 Å². The summed E-state index contributed by atoms with van der Waals surface area (Å²) in [6.07, 6.45) is 8.82. The van der Waals surface area contributed by atoms with E-state index in [2.05, 4.69) is 46.7 Å². The second-order valence-electron chi connectivity index (χ2n) is 17.3. The largest absolute Gasteiger partial charge is 0.494 e. The standard InChI is InChI=1S/C50H58N10O8/c1-33(53-46(63)36-8-5-9-37(30-36)57-50(20-24-52-25-21-50)49-56-45(58-59-49)35-18-22-51-23-19-35)34-12-14-38(15-13-34)68-29-4-2-3-26-66-27-7-28-67-32-44(62)54-41-11-6-10-39-40(41)31-60(48(39)65)42-16-17-43(61)55-47(42)64/h5-6,8-15,18-19,22-23,30,33,42,52,57H,2-4,7,16-17,20-21,24-29,31-32H2,1H3,(H,53,63)(H,54,62)(H,55,61,64)(H,56,58,59)/t33-,42?/m0/s1. The summed E-state index contributed by atoms with van der Waals surface area (Å²) in [7, 11) is 0. The number of hydrogen-bond donors (Lipinski definition) is 6. The number of hydrogen-bond acceptors (Lipinski definition) is 13. The number of carbonyl (C=O) groups is 5. The average Bonchev–Trinajstić information content (AvgIpc) is 3.99. The van der Waals surface area contributed by atoms with Crippen molar-refractivity contribution >= 4 is 40.9 Å². The number of benzene rings is 3. The first kappa shape index (κ1) is 47.5. The van der Waals surface area contributed by atoms with Crippen LogP contribution in [0.15, 0.2) is 91.3 Å².